The number of amides is 1. The predicted octanol–water partition coefficient (Wildman–Crippen LogP) is 4.63. The molecule has 2 aliphatic rings. The lowest BCUT2D eigenvalue weighted by Crippen LogP contribution is -2.39. The van der Waals surface area contributed by atoms with Crippen LogP contribution in [0.25, 0.3) is 11.5 Å². The van der Waals surface area contributed by atoms with Crippen molar-refractivity contribution in [3.63, 3.8) is 0 Å². The number of oxazole rings is 1. The van der Waals surface area contributed by atoms with Gasteiger partial charge in [0, 0.05) is 32.5 Å². The Kier molecular flexibility index (Phi) is 7.17. The third-order valence-electron chi connectivity index (χ3n) is 6.22. The summed E-state index contributed by atoms with van der Waals surface area (Å²) in [6.07, 6.45) is 5.21. The second-order valence-electron chi connectivity index (χ2n) is 9.99. The van der Waals surface area contributed by atoms with Gasteiger partial charge in [-0.15, -0.1) is 0 Å². The Morgan fingerprint density at radius 3 is 2.59 bits per heavy atom. The average Bonchev–Trinajstić information content (AvgIpc) is 3.43. The minimum absolute atomic E-state index is 0.129. The van der Waals surface area contributed by atoms with Crippen LogP contribution in [0.4, 0.5) is 5.82 Å². The number of halogens is 1. The first-order valence-electron chi connectivity index (χ1n) is 12.0. The SMILES string of the molecule is CCc1cnc(-c2cc(Cl)c(N3CCC(C(=O)OC(C)(C)C)CC3)nc2CN2CCCC2=O)o1. The van der Waals surface area contributed by atoms with Crippen LogP contribution in [0, 0.1) is 5.92 Å². The van der Waals surface area contributed by atoms with Crippen molar-refractivity contribution in [2.24, 2.45) is 5.92 Å². The Bertz CT molecular complexity index is 1050. The summed E-state index contributed by atoms with van der Waals surface area (Å²) in [6, 6.07) is 1.84. The number of likely N-dealkylation sites (tertiary alicyclic amines) is 1. The second kappa shape index (κ2) is 9.94. The number of hydrogen-bond acceptors (Lipinski definition) is 7. The lowest BCUT2D eigenvalue weighted by molar-refractivity contribution is -0.160. The zero-order valence-corrected chi connectivity index (χ0v) is 21.2. The molecular weight excluding hydrogens is 456 g/mol. The molecule has 0 N–H and O–H groups in total. The van der Waals surface area contributed by atoms with E-state index in [-0.39, 0.29) is 17.8 Å². The van der Waals surface area contributed by atoms with Crippen LogP contribution in [0.15, 0.2) is 16.7 Å². The van der Waals surface area contributed by atoms with E-state index in [2.05, 4.69) is 9.88 Å². The van der Waals surface area contributed by atoms with Gasteiger partial charge >= 0.3 is 5.97 Å². The van der Waals surface area contributed by atoms with Gasteiger partial charge < -0.3 is 19.0 Å². The third kappa shape index (κ3) is 5.54. The highest BCUT2D eigenvalue weighted by Gasteiger charge is 2.31. The molecule has 0 radical (unpaired) electrons. The molecule has 0 spiro atoms. The molecule has 2 aromatic heterocycles. The van der Waals surface area contributed by atoms with Crippen molar-refractivity contribution in [3.05, 3.63) is 28.7 Å². The number of nitrogens with zero attached hydrogens (tertiary/aromatic N) is 4. The van der Waals surface area contributed by atoms with Crippen LogP contribution in [0.5, 0.6) is 0 Å². The Labute approximate surface area is 205 Å². The number of carbonyl (C=O) groups excluding carboxylic acids is 2. The molecule has 0 saturated carbocycles. The number of anilines is 1. The zero-order chi connectivity index (χ0) is 24.5. The second-order valence-corrected chi connectivity index (χ2v) is 10.4. The highest BCUT2D eigenvalue weighted by molar-refractivity contribution is 6.33. The number of aromatic nitrogens is 2. The monoisotopic (exact) mass is 488 g/mol. The van der Waals surface area contributed by atoms with Crippen LogP contribution in [-0.4, -0.2) is 52.0 Å². The van der Waals surface area contributed by atoms with Gasteiger partial charge in [0.25, 0.3) is 0 Å². The number of carbonyl (C=O) groups is 2. The number of esters is 1. The highest BCUT2D eigenvalue weighted by atomic mass is 35.5. The molecule has 2 aromatic rings. The molecule has 9 heteroatoms. The number of aryl methyl sites for hydroxylation is 1. The fourth-order valence-corrected chi connectivity index (χ4v) is 4.67. The summed E-state index contributed by atoms with van der Waals surface area (Å²) >= 11 is 6.71. The van der Waals surface area contributed by atoms with Crippen molar-refractivity contribution in [2.45, 2.75) is 71.9 Å². The number of hydrogen-bond donors (Lipinski definition) is 0. The molecule has 0 aliphatic carbocycles. The van der Waals surface area contributed by atoms with Gasteiger partial charge in [0.05, 0.1) is 34.9 Å². The van der Waals surface area contributed by atoms with Gasteiger partial charge in [0.1, 0.15) is 17.2 Å². The molecule has 1 amide bonds. The average molecular weight is 489 g/mol. The molecule has 0 bridgehead atoms. The van der Waals surface area contributed by atoms with E-state index in [1.807, 2.05) is 38.7 Å². The van der Waals surface area contributed by atoms with Crippen LogP contribution in [0.1, 0.15) is 64.8 Å². The molecule has 184 valence electrons. The van der Waals surface area contributed by atoms with Gasteiger partial charge in [-0.1, -0.05) is 18.5 Å². The lowest BCUT2D eigenvalue weighted by atomic mass is 9.96. The van der Waals surface area contributed by atoms with Crippen LogP contribution in [-0.2, 0) is 27.3 Å². The van der Waals surface area contributed by atoms with E-state index in [0.29, 0.717) is 73.4 Å². The number of pyridine rings is 1. The summed E-state index contributed by atoms with van der Waals surface area (Å²) in [5.74, 6) is 1.76. The van der Waals surface area contributed by atoms with Crippen molar-refractivity contribution in [1.29, 1.82) is 0 Å². The van der Waals surface area contributed by atoms with Crippen LogP contribution >= 0.6 is 11.6 Å². The molecule has 0 unspecified atom stereocenters. The largest absolute Gasteiger partial charge is 0.460 e. The first-order valence-corrected chi connectivity index (χ1v) is 12.4. The maximum absolute atomic E-state index is 12.5. The summed E-state index contributed by atoms with van der Waals surface area (Å²) in [4.78, 5) is 38.1. The summed E-state index contributed by atoms with van der Waals surface area (Å²) in [5, 5.41) is 0.499. The quantitative estimate of drug-likeness (QED) is 0.547. The van der Waals surface area contributed by atoms with Gasteiger partial charge in [0.2, 0.25) is 11.8 Å². The van der Waals surface area contributed by atoms with Crippen molar-refractivity contribution < 1.29 is 18.7 Å². The fraction of sp³-hybridized carbons (Fsp3) is 0.600. The highest BCUT2D eigenvalue weighted by Crippen LogP contribution is 2.35. The Morgan fingerprint density at radius 1 is 1.26 bits per heavy atom. The van der Waals surface area contributed by atoms with Crippen LogP contribution < -0.4 is 4.90 Å². The molecule has 34 heavy (non-hydrogen) atoms. The predicted molar refractivity (Wildman–Crippen MR) is 130 cm³/mol. The summed E-state index contributed by atoms with van der Waals surface area (Å²) in [5.41, 5.74) is 0.930. The number of rotatable bonds is 6. The summed E-state index contributed by atoms with van der Waals surface area (Å²) in [7, 11) is 0. The molecule has 0 aromatic carbocycles. The van der Waals surface area contributed by atoms with E-state index in [1.165, 1.54) is 0 Å². The Morgan fingerprint density at radius 2 is 2.00 bits per heavy atom. The molecule has 2 saturated heterocycles. The fourth-order valence-electron chi connectivity index (χ4n) is 4.40. The topological polar surface area (TPSA) is 88.8 Å². The van der Waals surface area contributed by atoms with Gasteiger partial charge in [-0.3, -0.25) is 9.59 Å². The third-order valence-corrected chi connectivity index (χ3v) is 6.49. The van der Waals surface area contributed by atoms with E-state index >= 15 is 0 Å². The van der Waals surface area contributed by atoms with E-state index in [9.17, 15) is 9.59 Å². The minimum atomic E-state index is -0.492. The molecule has 4 heterocycles. The van der Waals surface area contributed by atoms with E-state index in [0.717, 1.165) is 18.6 Å². The van der Waals surface area contributed by atoms with E-state index in [1.54, 1.807) is 6.20 Å². The first kappa shape index (κ1) is 24.5. The standard InChI is InChI=1S/C25H33ClN4O4/c1-5-17-14-27-23(33-17)18-13-19(26)22(28-20(18)15-30-10-6-7-21(30)31)29-11-8-16(9-12-29)24(32)34-25(2,3)4/h13-14,16H,5-12,15H2,1-4H3. The molecular formula is C25H33ClN4O4. The number of ether oxygens (including phenoxy) is 1. The zero-order valence-electron chi connectivity index (χ0n) is 20.4. The Balaban J connectivity index is 1.58. The maximum atomic E-state index is 12.5. The first-order chi connectivity index (χ1) is 16.1. The van der Waals surface area contributed by atoms with Gasteiger partial charge in [-0.25, -0.2) is 9.97 Å². The smallest absolute Gasteiger partial charge is 0.309 e. The molecule has 2 aliphatic heterocycles. The summed E-state index contributed by atoms with van der Waals surface area (Å²) < 4.78 is 11.5. The molecule has 0 atom stereocenters. The van der Waals surface area contributed by atoms with E-state index in [4.69, 9.17) is 25.7 Å². The minimum Gasteiger partial charge on any atom is -0.460 e. The Hall–Kier alpha value is -2.61. The maximum Gasteiger partial charge on any atom is 0.309 e. The van der Waals surface area contributed by atoms with E-state index < -0.39 is 5.60 Å². The number of piperidine rings is 1. The summed E-state index contributed by atoms with van der Waals surface area (Å²) in [6.45, 7) is 10.1. The van der Waals surface area contributed by atoms with Crippen molar-refractivity contribution in [1.82, 2.24) is 14.9 Å². The lowest BCUT2D eigenvalue weighted by Gasteiger charge is -2.34. The van der Waals surface area contributed by atoms with Crippen LogP contribution in [0.3, 0.4) is 0 Å². The molecule has 4 rings (SSSR count). The van der Waals surface area contributed by atoms with Gasteiger partial charge in [-0.05, 0) is 46.1 Å². The van der Waals surface area contributed by atoms with Crippen molar-refractivity contribution in [2.75, 3.05) is 24.5 Å². The van der Waals surface area contributed by atoms with Gasteiger partial charge in [-0.2, -0.15) is 0 Å². The van der Waals surface area contributed by atoms with Gasteiger partial charge in [0.15, 0.2) is 0 Å². The normalized spacial score (nSPS) is 17.5. The molecule has 2 fully saturated rings. The molecule has 8 nitrogen and oxygen atoms in total. The van der Waals surface area contributed by atoms with Crippen molar-refractivity contribution in [3.8, 4) is 11.5 Å². The van der Waals surface area contributed by atoms with Crippen LogP contribution in [0.2, 0.25) is 5.02 Å². The van der Waals surface area contributed by atoms with Crippen molar-refractivity contribution >= 4 is 29.3 Å².